The van der Waals surface area contributed by atoms with Crippen LogP contribution in [0.25, 0.3) is 0 Å². The van der Waals surface area contributed by atoms with Gasteiger partial charge >= 0.3 is 0 Å². The lowest BCUT2D eigenvalue weighted by molar-refractivity contribution is -0.123. The summed E-state index contributed by atoms with van der Waals surface area (Å²) in [6.07, 6.45) is 2.01. The van der Waals surface area contributed by atoms with E-state index >= 15 is 0 Å². The van der Waals surface area contributed by atoms with E-state index in [0.29, 0.717) is 11.4 Å². The van der Waals surface area contributed by atoms with Gasteiger partial charge in [0.15, 0.2) is 6.61 Å². The molecule has 1 atom stereocenters. The zero-order valence-corrected chi connectivity index (χ0v) is 12.3. The highest BCUT2D eigenvalue weighted by molar-refractivity contribution is 9.10. The number of benzene rings is 1. The average Bonchev–Trinajstić information content (AvgIpc) is 2.30. The third-order valence-electron chi connectivity index (χ3n) is 2.44. The third-order valence-corrected chi connectivity index (χ3v) is 3.10. The molecule has 1 unspecified atom stereocenters. The average molecular weight is 315 g/mol. The molecule has 3 N–H and O–H groups in total. The summed E-state index contributed by atoms with van der Waals surface area (Å²) in [6, 6.07) is 5.42. The van der Waals surface area contributed by atoms with E-state index in [1.54, 1.807) is 18.2 Å². The Morgan fingerprint density at radius 3 is 2.94 bits per heavy atom. The van der Waals surface area contributed by atoms with Gasteiger partial charge in [-0.05, 0) is 41.4 Å². The second kappa shape index (κ2) is 7.26. The van der Waals surface area contributed by atoms with Gasteiger partial charge in [-0.2, -0.15) is 0 Å². The summed E-state index contributed by atoms with van der Waals surface area (Å²) in [5.74, 6) is 0.457. The standard InChI is InChI=1S/C13H19BrN2O2/c1-3-4-9(2)16-13(17)8-18-12-7-10(15)5-6-11(12)14/h5-7,9H,3-4,8,15H2,1-2H3,(H,16,17). The first-order chi connectivity index (χ1) is 8.52. The molecule has 0 saturated heterocycles. The fraction of sp³-hybridized carbons (Fsp3) is 0.462. The van der Waals surface area contributed by atoms with Crippen molar-refractivity contribution < 1.29 is 9.53 Å². The van der Waals surface area contributed by atoms with Crippen molar-refractivity contribution in [1.82, 2.24) is 5.32 Å². The van der Waals surface area contributed by atoms with E-state index in [2.05, 4.69) is 28.2 Å². The Morgan fingerprint density at radius 1 is 1.56 bits per heavy atom. The molecule has 1 rings (SSSR count). The first kappa shape index (κ1) is 14.8. The van der Waals surface area contributed by atoms with E-state index in [-0.39, 0.29) is 18.6 Å². The summed E-state index contributed by atoms with van der Waals surface area (Å²) in [6.45, 7) is 4.07. The van der Waals surface area contributed by atoms with Crippen LogP contribution in [-0.2, 0) is 4.79 Å². The minimum Gasteiger partial charge on any atom is -0.483 e. The lowest BCUT2D eigenvalue weighted by Gasteiger charge is -2.13. The summed E-state index contributed by atoms with van der Waals surface area (Å²) in [5, 5.41) is 2.87. The molecular weight excluding hydrogens is 296 g/mol. The van der Waals surface area contributed by atoms with Gasteiger partial charge in [-0.1, -0.05) is 13.3 Å². The molecule has 0 bridgehead atoms. The van der Waals surface area contributed by atoms with Crippen LogP contribution in [0.2, 0.25) is 0 Å². The van der Waals surface area contributed by atoms with Crippen molar-refractivity contribution in [3.05, 3.63) is 22.7 Å². The van der Waals surface area contributed by atoms with E-state index in [9.17, 15) is 4.79 Å². The van der Waals surface area contributed by atoms with Crippen LogP contribution in [0.1, 0.15) is 26.7 Å². The van der Waals surface area contributed by atoms with Crippen molar-refractivity contribution in [2.24, 2.45) is 0 Å². The number of anilines is 1. The summed E-state index contributed by atoms with van der Waals surface area (Å²) in [7, 11) is 0. The van der Waals surface area contributed by atoms with Crippen LogP contribution in [0.3, 0.4) is 0 Å². The lowest BCUT2D eigenvalue weighted by atomic mass is 10.2. The maximum absolute atomic E-state index is 11.6. The van der Waals surface area contributed by atoms with Crippen molar-refractivity contribution in [3.8, 4) is 5.75 Å². The fourth-order valence-corrected chi connectivity index (χ4v) is 1.96. The first-order valence-corrected chi connectivity index (χ1v) is 6.79. The van der Waals surface area contributed by atoms with Crippen molar-refractivity contribution in [3.63, 3.8) is 0 Å². The second-order valence-corrected chi connectivity index (χ2v) is 5.09. The quantitative estimate of drug-likeness (QED) is 0.793. The maximum Gasteiger partial charge on any atom is 0.258 e. The third kappa shape index (κ3) is 4.96. The van der Waals surface area contributed by atoms with Crippen LogP contribution >= 0.6 is 15.9 Å². The van der Waals surface area contributed by atoms with Crippen LogP contribution in [0.4, 0.5) is 5.69 Å². The van der Waals surface area contributed by atoms with Crippen molar-refractivity contribution in [1.29, 1.82) is 0 Å². The Labute approximate surface area is 116 Å². The molecule has 1 aromatic rings. The number of rotatable bonds is 6. The number of carbonyl (C=O) groups is 1. The lowest BCUT2D eigenvalue weighted by Crippen LogP contribution is -2.35. The van der Waals surface area contributed by atoms with E-state index in [1.807, 2.05) is 6.92 Å². The van der Waals surface area contributed by atoms with Crippen LogP contribution in [0.5, 0.6) is 5.75 Å². The molecule has 0 aliphatic heterocycles. The van der Waals surface area contributed by atoms with E-state index in [1.165, 1.54) is 0 Å². The Hall–Kier alpha value is -1.23. The van der Waals surface area contributed by atoms with Crippen molar-refractivity contribution >= 4 is 27.5 Å². The number of hydrogen-bond donors (Lipinski definition) is 2. The van der Waals surface area contributed by atoms with Gasteiger partial charge in [-0.25, -0.2) is 0 Å². The summed E-state index contributed by atoms with van der Waals surface area (Å²) < 4.78 is 6.20. The fourth-order valence-electron chi connectivity index (χ4n) is 1.60. The molecule has 4 nitrogen and oxygen atoms in total. The van der Waals surface area contributed by atoms with Gasteiger partial charge in [0.1, 0.15) is 5.75 Å². The zero-order valence-electron chi connectivity index (χ0n) is 10.7. The van der Waals surface area contributed by atoms with Gasteiger partial charge in [0.25, 0.3) is 5.91 Å². The molecule has 0 radical (unpaired) electrons. The van der Waals surface area contributed by atoms with Gasteiger partial charge in [-0.15, -0.1) is 0 Å². The molecule has 0 saturated carbocycles. The molecule has 1 aromatic carbocycles. The molecule has 18 heavy (non-hydrogen) atoms. The van der Waals surface area contributed by atoms with Gasteiger partial charge in [0.2, 0.25) is 0 Å². The van der Waals surface area contributed by atoms with Gasteiger partial charge in [0.05, 0.1) is 4.47 Å². The van der Waals surface area contributed by atoms with Crippen LogP contribution < -0.4 is 15.8 Å². The number of carbonyl (C=O) groups excluding carboxylic acids is 1. The normalized spacial score (nSPS) is 11.9. The SMILES string of the molecule is CCCC(C)NC(=O)COc1cc(N)ccc1Br. The molecular formula is C13H19BrN2O2. The predicted octanol–water partition coefficient (Wildman–Crippen LogP) is 2.71. The number of ether oxygens (including phenoxy) is 1. The summed E-state index contributed by atoms with van der Waals surface area (Å²) >= 11 is 3.34. The Kier molecular flexibility index (Phi) is 5.98. The zero-order chi connectivity index (χ0) is 13.5. The number of hydrogen-bond acceptors (Lipinski definition) is 3. The van der Waals surface area contributed by atoms with Gasteiger partial charge < -0.3 is 15.8 Å². The Bertz CT molecular complexity index is 410. The molecule has 0 heterocycles. The number of amides is 1. The van der Waals surface area contributed by atoms with E-state index in [4.69, 9.17) is 10.5 Å². The molecule has 0 spiro atoms. The molecule has 0 fully saturated rings. The maximum atomic E-state index is 11.6. The highest BCUT2D eigenvalue weighted by atomic mass is 79.9. The number of nitrogens with one attached hydrogen (secondary N) is 1. The summed E-state index contributed by atoms with van der Waals surface area (Å²) in [4.78, 5) is 11.6. The highest BCUT2D eigenvalue weighted by Crippen LogP contribution is 2.26. The summed E-state index contributed by atoms with van der Waals surface area (Å²) in [5.41, 5.74) is 6.26. The smallest absolute Gasteiger partial charge is 0.258 e. The Balaban J connectivity index is 2.45. The second-order valence-electron chi connectivity index (χ2n) is 4.24. The number of nitrogens with two attached hydrogens (primary N) is 1. The predicted molar refractivity (Wildman–Crippen MR) is 76.6 cm³/mol. The number of halogens is 1. The monoisotopic (exact) mass is 314 g/mol. The van der Waals surface area contributed by atoms with Crippen molar-refractivity contribution in [2.45, 2.75) is 32.7 Å². The largest absolute Gasteiger partial charge is 0.483 e. The molecule has 0 aliphatic rings. The molecule has 100 valence electrons. The van der Waals surface area contributed by atoms with Gasteiger partial charge in [-0.3, -0.25) is 4.79 Å². The molecule has 0 aliphatic carbocycles. The first-order valence-electron chi connectivity index (χ1n) is 6.00. The minimum atomic E-state index is -0.120. The Morgan fingerprint density at radius 2 is 2.28 bits per heavy atom. The van der Waals surface area contributed by atoms with Crippen LogP contribution in [0, 0.1) is 0 Å². The number of nitrogen functional groups attached to an aromatic ring is 1. The van der Waals surface area contributed by atoms with E-state index < -0.39 is 0 Å². The minimum absolute atomic E-state index is 0.00386. The van der Waals surface area contributed by atoms with E-state index in [0.717, 1.165) is 17.3 Å². The molecule has 5 heteroatoms. The topological polar surface area (TPSA) is 64.3 Å². The van der Waals surface area contributed by atoms with Gasteiger partial charge in [0, 0.05) is 17.8 Å². The molecule has 0 aromatic heterocycles. The highest BCUT2D eigenvalue weighted by Gasteiger charge is 2.08. The van der Waals surface area contributed by atoms with Crippen molar-refractivity contribution in [2.75, 3.05) is 12.3 Å². The van der Waals surface area contributed by atoms with Crippen LogP contribution in [-0.4, -0.2) is 18.6 Å². The van der Waals surface area contributed by atoms with Crippen LogP contribution in [0.15, 0.2) is 22.7 Å². The molecule has 1 amide bonds.